The summed E-state index contributed by atoms with van der Waals surface area (Å²) in [5.41, 5.74) is 2.67. The number of unbranched alkanes of at least 4 members (excludes halogenated alkanes) is 2. The van der Waals surface area contributed by atoms with Crippen molar-refractivity contribution in [3.63, 3.8) is 0 Å². The fourth-order valence-electron chi connectivity index (χ4n) is 4.99. The quantitative estimate of drug-likeness (QED) is 0.470. The van der Waals surface area contributed by atoms with Crippen LogP contribution < -0.4 is 10.2 Å². The highest BCUT2D eigenvalue weighted by Crippen LogP contribution is 2.44. The smallest absolute Gasteiger partial charge is 0.334 e. The summed E-state index contributed by atoms with van der Waals surface area (Å²) in [4.78, 5) is 35.8. The van der Waals surface area contributed by atoms with Crippen LogP contribution in [0.2, 0.25) is 0 Å². The van der Waals surface area contributed by atoms with Crippen molar-refractivity contribution in [1.82, 2.24) is 19.9 Å². The lowest BCUT2D eigenvalue weighted by Crippen LogP contribution is -2.30. The van der Waals surface area contributed by atoms with Crippen LogP contribution in [-0.4, -0.2) is 56.3 Å². The number of aromatic hydroxyl groups is 2. The molecule has 0 radical (unpaired) electrons. The third-order valence-electron chi connectivity index (χ3n) is 6.61. The summed E-state index contributed by atoms with van der Waals surface area (Å²) in [6, 6.07) is 7.20. The van der Waals surface area contributed by atoms with Gasteiger partial charge in [0.05, 0.1) is 6.42 Å². The second-order valence-corrected chi connectivity index (χ2v) is 8.83. The molecule has 178 valence electrons. The van der Waals surface area contributed by atoms with E-state index in [1.165, 1.54) is 36.2 Å². The number of aryl methyl sites for hydroxylation is 1. The molecule has 3 N–H and O–H groups in total. The van der Waals surface area contributed by atoms with Crippen LogP contribution in [0.5, 0.6) is 11.8 Å². The zero-order chi connectivity index (χ0) is 23.2. The molecule has 33 heavy (non-hydrogen) atoms. The number of carbonyl (C=O) groups excluding carboxylic acids is 2. The van der Waals surface area contributed by atoms with Gasteiger partial charge >= 0.3 is 5.97 Å². The van der Waals surface area contributed by atoms with Crippen molar-refractivity contribution in [1.29, 1.82) is 0 Å². The molecule has 2 atom stereocenters. The molecule has 2 aliphatic rings. The minimum Gasteiger partial charge on any atom is -0.492 e. The lowest BCUT2D eigenvalue weighted by molar-refractivity contribution is -0.145. The van der Waals surface area contributed by atoms with Gasteiger partial charge in [-0.05, 0) is 62.7 Å². The average Bonchev–Trinajstić information content (AvgIpc) is 3.37. The summed E-state index contributed by atoms with van der Waals surface area (Å²) in [6.07, 6.45) is 8.68. The lowest BCUT2D eigenvalue weighted by atomic mass is 9.82. The summed E-state index contributed by atoms with van der Waals surface area (Å²) in [7, 11) is 0. The SMILES string of the molecule is O=C(CCCCCN1CCC2CCc3ncccc3C21)NCCC(=O)On1c(O)ccc1O. The minimum atomic E-state index is -0.666. The van der Waals surface area contributed by atoms with Gasteiger partial charge < -0.3 is 20.4 Å². The molecule has 2 unspecified atom stereocenters. The van der Waals surface area contributed by atoms with Gasteiger partial charge in [0.15, 0.2) is 0 Å². The number of aromatic nitrogens is 2. The predicted octanol–water partition coefficient (Wildman–Crippen LogP) is 2.33. The second kappa shape index (κ2) is 10.7. The van der Waals surface area contributed by atoms with Gasteiger partial charge in [0, 0.05) is 43.0 Å². The van der Waals surface area contributed by atoms with E-state index < -0.39 is 5.97 Å². The van der Waals surface area contributed by atoms with E-state index in [1.807, 2.05) is 12.3 Å². The summed E-state index contributed by atoms with van der Waals surface area (Å²) < 4.78 is 0.634. The molecule has 2 aromatic heterocycles. The van der Waals surface area contributed by atoms with Gasteiger partial charge in [-0.15, -0.1) is 4.73 Å². The number of nitrogens with zero attached hydrogens (tertiary/aromatic N) is 3. The Kier molecular flexibility index (Phi) is 7.49. The fraction of sp³-hybridized carbons (Fsp3) is 0.542. The molecule has 9 heteroatoms. The maximum atomic E-state index is 12.0. The summed E-state index contributed by atoms with van der Waals surface area (Å²) in [6.45, 7) is 2.33. The lowest BCUT2D eigenvalue weighted by Gasteiger charge is -2.33. The molecule has 0 bridgehead atoms. The maximum absolute atomic E-state index is 12.0. The molecule has 0 saturated carbocycles. The van der Waals surface area contributed by atoms with Gasteiger partial charge in [0.25, 0.3) is 0 Å². The van der Waals surface area contributed by atoms with E-state index >= 15 is 0 Å². The first-order valence-corrected chi connectivity index (χ1v) is 11.8. The topological polar surface area (TPSA) is 117 Å². The molecular formula is C24H32N4O5. The highest BCUT2D eigenvalue weighted by molar-refractivity contribution is 5.77. The maximum Gasteiger partial charge on any atom is 0.334 e. The molecule has 1 fully saturated rings. The Morgan fingerprint density at radius 2 is 1.91 bits per heavy atom. The molecule has 2 aromatic rings. The Morgan fingerprint density at radius 1 is 1.09 bits per heavy atom. The third kappa shape index (κ3) is 5.65. The minimum absolute atomic E-state index is 0.0589. The number of fused-ring (bicyclic) bond motifs is 3. The van der Waals surface area contributed by atoms with Gasteiger partial charge in [-0.1, -0.05) is 12.5 Å². The van der Waals surface area contributed by atoms with Crippen LogP contribution in [0.25, 0.3) is 0 Å². The normalized spacial score (nSPS) is 19.6. The molecule has 1 saturated heterocycles. The first kappa shape index (κ1) is 23.1. The number of nitrogens with one attached hydrogen (secondary N) is 1. The number of pyridine rings is 1. The van der Waals surface area contributed by atoms with E-state index in [1.54, 1.807) is 0 Å². The third-order valence-corrected chi connectivity index (χ3v) is 6.61. The van der Waals surface area contributed by atoms with Crippen LogP contribution in [0, 0.1) is 5.92 Å². The highest BCUT2D eigenvalue weighted by Gasteiger charge is 2.38. The van der Waals surface area contributed by atoms with E-state index in [4.69, 9.17) is 4.84 Å². The number of hydrogen-bond donors (Lipinski definition) is 3. The van der Waals surface area contributed by atoms with Gasteiger partial charge in [0.1, 0.15) is 0 Å². The summed E-state index contributed by atoms with van der Waals surface area (Å²) >= 11 is 0. The molecule has 4 rings (SSSR count). The van der Waals surface area contributed by atoms with E-state index in [9.17, 15) is 19.8 Å². The van der Waals surface area contributed by atoms with Crippen molar-refractivity contribution < 1.29 is 24.6 Å². The van der Waals surface area contributed by atoms with E-state index in [-0.39, 0.29) is 30.6 Å². The Bertz CT molecular complexity index is 956. The van der Waals surface area contributed by atoms with Crippen LogP contribution in [0.3, 0.4) is 0 Å². The summed E-state index contributed by atoms with van der Waals surface area (Å²) in [5.74, 6) is -0.773. The largest absolute Gasteiger partial charge is 0.492 e. The van der Waals surface area contributed by atoms with Crippen LogP contribution >= 0.6 is 0 Å². The zero-order valence-corrected chi connectivity index (χ0v) is 18.8. The van der Waals surface area contributed by atoms with Gasteiger partial charge in [0.2, 0.25) is 17.7 Å². The van der Waals surface area contributed by atoms with Gasteiger partial charge in [-0.25, -0.2) is 4.79 Å². The number of hydrogen-bond acceptors (Lipinski definition) is 7. The van der Waals surface area contributed by atoms with Crippen molar-refractivity contribution in [2.45, 2.75) is 57.4 Å². The van der Waals surface area contributed by atoms with Crippen molar-refractivity contribution in [2.75, 3.05) is 19.6 Å². The van der Waals surface area contributed by atoms with Crippen LogP contribution in [0.1, 0.15) is 62.2 Å². The van der Waals surface area contributed by atoms with E-state index in [2.05, 4.69) is 21.3 Å². The summed E-state index contributed by atoms with van der Waals surface area (Å²) in [5, 5.41) is 21.6. The monoisotopic (exact) mass is 456 g/mol. The fourth-order valence-corrected chi connectivity index (χ4v) is 4.99. The van der Waals surface area contributed by atoms with Crippen molar-refractivity contribution in [3.05, 3.63) is 41.7 Å². The highest BCUT2D eigenvalue weighted by atomic mass is 16.7. The predicted molar refractivity (Wildman–Crippen MR) is 120 cm³/mol. The van der Waals surface area contributed by atoms with E-state index in [0.29, 0.717) is 17.2 Å². The molecule has 0 spiro atoms. The van der Waals surface area contributed by atoms with Crippen LogP contribution in [-0.2, 0) is 16.0 Å². The van der Waals surface area contributed by atoms with Crippen molar-refractivity contribution in [2.24, 2.45) is 5.92 Å². The van der Waals surface area contributed by atoms with Crippen molar-refractivity contribution >= 4 is 11.9 Å². The Hall–Kier alpha value is -3.07. The van der Waals surface area contributed by atoms with Gasteiger partial charge in [-0.3, -0.25) is 14.7 Å². The molecule has 1 aliphatic heterocycles. The molecule has 0 aromatic carbocycles. The van der Waals surface area contributed by atoms with Gasteiger partial charge in [-0.2, -0.15) is 0 Å². The molecular weight excluding hydrogens is 424 g/mol. The molecule has 3 heterocycles. The second-order valence-electron chi connectivity index (χ2n) is 8.83. The van der Waals surface area contributed by atoms with Crippen molar-refractivity contribution in [3.8, 4) is 11.8 Å². The molecule has 9 nitrogen and oxygen atoms in total. The standard InChI is InChI=1S/C24H32N4O5/c29-20(26-14-11-23(32)33-28-21(30)9-10-22(28)31)6-2-1-3-15-27-16-12-17-7-8-19-18(24(17)27)5-4-13-25-19/h4-5,9-10,13,17,24,30-31H,1-3,6-8,11-12,14-16H2,(H,26,29). The van der Waals surface area contributed by atoms with Crippen LogP contribution in [0.15, 0.2) is 30.5 Å². The average molecular weight is 457 g/mol. The first-order valence-electron chi connectivity index (χ1n) is 11.8. The first-order chi connectivity index (χ1) is 16.0. The molecule has 1 aliphatic carbocycles. The number of rotatable bonds is 10. The van der Waals surface area contributed by atoms with Crippen LogP contribution in [0.4, 0.5) is 0 Å². The number of likely N-dealkylation sites (tertiary alicyclic amines) is 1. The Labute approximate surface area is 193 Å². The molecule has 1 amide bonds. The zero-order valence-electron chi connectivity index (χ0n) is 18.8. The Morgan fingerprint density at radius 3 is 2.73 bits per heavy atom. The van der Waals surface area contributed by atoms with E-state index in [0.717, 1.165) is 44.7 Å². The Balaban J connectivity index is 1.09. The number of carbonyl (C=O) groups is 2. The number of amides is 1.